The summed E-state index contributed by atoms with van der Waals surface area (Å²) in [6.45, 7) is 9.58. The molecule has 7 heteroatoms. The first kappa shape index (κ1) is 20.0. The molecule has 2 rings (SSSR count). The fraction of sp³-hybridized carbons (Fsp3) is 0.632. The van der Waals surface area contributed by atoms with Gasteiger partial charge in [0.15, 0.2) is 5.96 Å². The van der Waals surface area contributed by atoms with Gasteiger partial charge in [-0.15, -0.1) is 0 Å². The van der Waals surface area contributed by atoms with Gasteiger partial charge in [-0.2, -0.15) is 0 Å². The summed E-state index contributed by atoms with van der Waals surface area (Å²) in [6.07, 6.45) is 4.27. The van der Waals surface area contributed by atoms with Crippen LogP contribution in [0.25, 0.3) is 0 Å². The number of pyridine rings is 1. The van der Waals surface area contributed by atoms with Gasteiger partial charge in [0.25, 0.3) is 0 Å². The molecule has 0 aromatic carbocycles. The van der Waals surface area contributed by atoms with Crippen LogP contribution in [0.4, 0.5) is 0 Å². The predicted molar refractivity (Wildman–Crippen MR) is 103 cm³/mol. The van der Waals surface area contributed by atoms with Crippen molar-refractivity contribution in [2.75, 3.05) is 26.2 Å². The van der Waals surface area contributed by atoms with Gasteiger partial charge in [-0.25, -0.2) is 9.98 Å². The number of guanidine groups is 1. The lowest BCUT2D eigenvalue weighted by Gasteiger charge is -2.18. The molecule has 1 saturated heterocycles. The summed E-state index contributed by atoms with van der Waals surface area (Å²) in [6, 6.07) is 4.11. The van der Waals surface area contributed by atoms with E-state index in [1.807, 2.05) is 30.9 Å². The van der Waals surface area contributed by atoms with Crippen LogP contribution in [-0.4, -0.2) is 54.0 Å². The van der Waals surface area contributed by atoms with Crippen molar-refractivity contribution in [3.8, 4) is 5.88 Å². The van der Waals surface area contributed by atoms with Gasteiger partial charge >= 0.3 is 0 Å². The van der Waals surface area contributed by atoms with Crippen molar-refractivity contribution in [2.45, 2.75) is 52.6 Å². The number of carbonyl (C=O) groups excluding carboxylic acids is 1. The van der Waals surface area contributed by atoms with Crippen LogP contribution >= 0.6 is 0 Å². The fourth-order valence-corrected chi connectivity index (χ4v) is 2.81. The van der Waals surface area contributed by atoms with Crippen molar-refractivity contribution in [1.29, 1.82) is 0 Å². The Labute approximate surface area is 156 Å². The normalized spacial score (nSPS) is 17.3. The molecule has 0 aliphatic carbocycles. The maximum atomic E-state index is 11.8. The number of hydrogen-bond donors (Lipinski definition) is 2. The van der Waals surface area contributed by atoms with Gasteiger partial charge in [-0.1, -0.05) is 19.9 Å². The van der Waals surface area contributed by atoms with Gasteiger partial charge in [-0.3, -0.25) is 4.79 Å². The molecule has 1 aliphatic rings. The Kier molecular flexibility index (Phi) is 8.18. The van der Waals surface area contributed by atoms with Gasteiger partial charge in [0.05, 0.1) is 13.2 Å². The second kappa shape index (κ2) is 10.6. The average molecular weight is 361 g/mol. The van der Waals surface area contributed by atoms with E-state index in [0.717, 1.165) is 44.0 Å². The van der Waals surface area contributed by atoms with E-state index in [1.54, 1.807) is 6.20 Å². The van der Waals surface area contributed by atoms with E-state index in [2.05, 4.69) is 27.5 Å². The van der Waals surface area contributed by atoms with Gasteiger partial charge in [0, 0.05) is 44.4 Å². The number of nitrogens with zero attached hydrogens (tertiary/aromatic N) is 3. The van der Waals surface area contributed by atoms with E-state index in [1.165, 1.54) is 0 Å². The Hall–Kier alpha value is -2.31. The third-order valence-electron chi connectivity index (χ3n) is 4.20. The molecule has 1 amide bonds. The summed E-state index contributed by atoms with van der Waals surface area (Å²) in [7, 11) is 0. The first-order chi connectivity index (χ1) is 12.7. The van der Waals surface area contributed by atoms with Crippen LogP contribution in [0, 0.1) is 0 Å². The van der Waals surface area contributed by atoms with Crippen molar-refractivity contribution in [3.05, 3.63) is 23.9 Å². The van der Waals surface area contributed by atoms with Gasteiger partial charge < -0.3 is 20.3 Å². The molecule has 2 N–H and O–H groups in total. The Bertz CT molecular complexity index is 588. The SMILES string of the molecule is CCCOc1ccc(CN=C(NCC)NC2CCN(C(=O)CC)C2)cn1. The maximum Gasteiger partial charge on any atom is 0.222 e. The zero-order valence-electron chi connectivity index (χ0n) is 16.1. The molecule has 2 heterocycles. The second-order valence-electron chi connectivity index (χ2n) is 6.37. The van der Waals surface area contributed by atoms with E-state index in [0.29, 0.717) is 25.5 Å². The van der Waals surface area contributed by atoms with Crippen LogP contribution in [0.15, 0.2) is 23.3 Å². The molecule has 1 atom stereocenters. The summed E-state index contributed by atoms with van der Waals surface area (Å²) >= 11 is 0. The summed E-state index contributed by atoms with van der Waals surface area (Å²) in [5, 5.41) is 6.70. The van der Waals surface area contributed by atoms with Crippen molar-refractivity contribution >= 4 is 11.9 Å². The lowest BCUT2D eigenvalue weighted by atomic mass is 10.2. The third kappa shape index (κ3) is 6.20. The Balaban J connectivity index is 1.89. The lowest BCUT2D eigenvalue weighted by Crippen LogP contribution is -2.45. The molecule has 7 nitrogen and oxygen atoms in total. The fourth-order valence-electron chi connectivity index (χ4n) is 2.81. The monoisotopic (exact) mass is 361 g/mol. The minimum absolute atomic E-state index is 0.215. The number of likely N-dealkylation sites (tertiary alicyclic amines) is 1. The first-order valence-electron chi connectivity index (χ1n) is 9.56. The highest BCUT2D eigenvalue weighted by Crippen LogP contribution is 2.11. The van der Waals surface area contributed by atoms with Crippen LogP contribution in [0.3, 0.4) is 0 Å². The molecule has 1 aromatic heterocycles. The number of nitrogens with one attached hydrogen (secondary N) is 2. The van der Waals surface area contributed by atoms with E-state index in [9.17, 15) is 4.79 Å². The predicted octanol–water partition coefficient (Wildman–Crippen LogP) is 1.94. The molecule has 0 saturated carbocycles. The number of carbonyl (C=O) groups is 1. The number of aliphatic imine (C=N–C) groups is 1. The molecule has 26 heavy (non-hydrogen) atoms. The quantitative estimate of drug-likeness (QED) is 0.546. The van der Waals surface area contributed by atoms with E-state index in [4.69, 9.17) is 4.74 Å². The highest BCUT2D eigenvalue weighted by molar-refractivity contribution is 5.80. The topological polar surface area (TPSA) is 78.9 Å². The molecule has 144 valence electrons. The van der Waals surface area contributed by atoms with Gasteiger partial charge in [-0.05, 0) is 25.3 Å². The summed E-state index contributed by atoms with van der Waals surface area (Å²) < 4.78 is 5.50. The Morgan fingerprint density at radius 1 is 1.38 bits per heavy atom. The largest absolute Gasteiger partial charge is 0.478 e. The minimum Gasteiger partial charge on any atom is -0.478 e. The summed E-state index contributed by atoms with van der Waals surface area (Å²) in [5.74, 6) is 1.64. The van der Waals surface area contributed by atoms with Crippen molar-refractivity contribution in [1.82, 2.24) is 20.5 Å². The summed E-state index contributed by atoms with van der Waals surface area (Å²) in [5.41, 5.74) is 1.03. The number of amides is 1. The van der Waals surface area contributed by atoms with Crippen LogP contribution in [0.2, 0.25) is 0 Å². The van der Waals surface area contributed by atoms with Gasteiger partial charge in [0.1, 0.15) is 0 Å². The number of ether oxygens (including phenoxy) is 1. The molecule has 1 aromatic rings. The van der Waals surface area contributed by atoms with Gasteiger partial charge in [0.2, 0.25) is 11.8 Å². The van der Waals surface area contributed by atoms with Crippen molar-refractivity contribution < 1.29 is 9.53 Å². The smallest absolute Gasteiger partial charge is 0.222 e. The number of hydrogen-bond acceptors (Lipinski definition) is 4. The molecule has 0 spiro atoms. The van der Waals surface area contributed by atoms with Crippen LogP contribution in [0.1, 0.15) is 45.6 Å². The van der Waals surface area contributed by atoms with Crippen LogP contribution < -0.4 is 15.4 Å². The highest BCUT2D eigenvalue weighted by atomic mass is 16.5. The zero-order valence-corrected chi connectivity index (χ0v) is 16.1. The molecular weight excluding hydrogens is 330 g/mol. The molecule has 0 bridgehead atoms. The van der Waals surface area contributed by atoms with Crippen molar-refractivity contribution in [2.24, 2.45) is 4.99 Å². The Morgan fingerprint density at radius 3 is 2.88 bits per heavy atom. The lowest BCUT2D eigenvalue weighted by molar-refractivity contribution is -0.129. The number of aromatic nitrogens is 1. The standard InChI is InChI=1S/C19H31N5O2/c1-4-11-26-17-8-7-15(12-21-17)13-22-19(20-6-3)23-16-9-10-24(14-16)18(25)5-2/h7-8,12,16H,4-6,9-11,13-14H2,1-3H3,(H2,20,22,23). The second-order valence-corrected chi connectivity index (χ2v) is 6.37. The zero-order chi connectivity index (χ0) is 18.8. The van der Waals surface area contributed by atoms with Crippen molar-refractivity contribution in [3.63, 3.8) is 0 Å². The van der Waals surface area contributed by atoms with Crippen LogP contribution in [0.5, 0.6) is 5.88 Å². The number of rotatable bonds is 8. The average Bonchev–Trinajstić information content (AvgIpc) is 3.13. The van der Waals surface area contributed by atoms with E-state index < -0.39 is 0 Å². The minimum atomic E-state index is 0.215. The molecule has 1 unspecified atom stereocenters. The highest BCUT2D eigenvalue weighted by Gasteiger charge is 2.25. The molecule has 1 fully saturated rings. The maximum absolute atomic E-state index is 11.8. The van der Waals surface area contributed by atoms with Crippen LogP contribution in [-0.2, 0) is 11.3 Å². The summed E-state index contributed by atoms with van der Waals surface area (Å²) in [4.78, 5) is 22.7. The van der Waals surface area contributed by atoms with E-state index in [-0.39, 0.29) is 11.9 Å². The Morgan fingerprint density at radius 2 is 2.23 bits per heavy atom. The molecular formula is C19H31N5O2. The third-order valence-corrected chi connectivity index (χ3v) is 4.20. The van der Waals surface area contributed by atoms with E-state index >= 15 is 0 Å². The molecule has 0 radical (unpaired) electrons. The first-order valence-corrected chi connectivity index (χ1v) is 9.56. The molecule has 1 aliphatic heterocycles.